The lowest BCUT2D eigenvalue weighted by molar-refractivity contribution is -0.130. The van der Waals surface area contributed by atoms with Crippen molar-refractivity contribution in [1.29, 1.82) is 0 Å². The van der Waals surface area contributed by atoms with Gasteiger partial charge in [-0.25, -0.2) is 0 Å². The maximum atomic E-state index is 12.5. The van der Waals surface area contributed by atoms with Crippen LogP contribution in [0.4, 0.5) is 0 Å². The van der Waals surface area contributed by atoms with Gasteiger partial charge in [0.05, 0.1) is 0 Å². The summed E-state index contributed by atoms with van der Waals surface area (Å²) in [6.07, 6.45) is 8.61. The van der Waals surface area contributed by atoms with Crippen LogP contribution in [-0.4, -0.2) is 18.9 Å². The van der Waals surface area contributed by atoms with E-state index in [1.807, 2.05) is 0 Å². The molecule has 3 fully saturated rings. The molecule has 1 saturated heterocycles. The molecule has 0 radical (unpaired) electrons. The van der Waals surface area contributed by atoms with E-state index in [0.717, 1.165) is 50.1 Å². The molecule has 3 aliphatic rings. The van der Waals surface area contributed by atoms with Crippen LogP contribution in [0.15, 0.2) is 0 Å². The summed E-state index contributed by atoms with van der Waals surface area (Å²) in [5.74, 6) is 3.18. The van der Waals surface area contributed by atoms with Crippen LogP contribution in [0.1, 0.15) is 51.9 Å². The van der Waals surface area contributed by atoms with Gasteiger partial charge in [0.25, 0.3) is 0 Å². The number of hydrogen-bond donors (Lipinski definition) is 1. The molecule has 2 bridgehead atoms. The van der Waals surface area contributed by atoms with Gasteiger partial charge in [0.2, 0.25) is 0 Å². The number of rotatable bonds is 3. The lowest BCUT2D eigenvalue weighted by atomic mass is 9.72. The van der Waals surface area contributed by atoms with E-state index < -0.39 is 0 Å². The fraction of sp³-hybridized carbons (Fsp3) is 0.933. The Kier molecular flexibility index (Phi) is 3.02. The van der Waals surface area contributed by atoms with E-state index in [-0.39, 0.29) is 5.41 Å². The van der Waals surface area contributed by atoms with Crippen molar-refractivity contribution in [3.05, 3.63) is 0 Å². The molecule has 1 heterocycles. The summed E-state index contributed by atoms with van der Waals surface area (Å²) >= 11 is 0. The Labute approximate surface area is 105 Å². The van der Waals surface area contributed by atoms with E-state index in [1.54, 1.807) is 0 Å². The number of Topliss-reactive ketones (excluding diaryl/α,β-unsaturated/α-hetero) is 1. The van der Waals surface area contributed by atoms with Crippen molar-refractivity contribution in [2.45, 2.75) is 51.9 Å². The highest BCUT2D eigenvalue weighted by molar-refractivity contribution is 5.84. The molecule has 3 unspecified atom stereocenters. The summed E-state index contributed by atoms with van der Waals surface area (Å²) in [6, 6.07) is 0. The van der Waals surface area contributed by atoms with Crippen molar-refractivity contribution in [1.82, 2.24) is 5.32 Å². The van der Waals surface area contributed by atoms with Crippen molar-refractivity contribution >= 4 is 5.78 Å². The first-order valence-corrected chi connectivity index (χ1v) is 7.41. The van der Waals surface area contributed by atoms with Crippen LogP contribution in [0.2, 0.25) is 0 Å². The molecule has 2 aliphatic carbocycles. The van der Waals surface area contributed by atoms with Gasteiger partial charge in [0.15, 0.2) is 0 Å². The molecule has 0 spiro atoms. The summed E-state index contributed by atoms with van der Waals surface area (Å²) in [5, 5.41) is 3.36. The summed E-state index contributed by atoms with van der Waals surface area (Å²) in [4.78, 5) is 12.5. The second kappa shape index (κ2) is 4.38. The van der Waals surface area contributed by atoms with Crippen LogP contribution in [-0.2, 0) is 4.79 Å². The molecule has 17 heavy (non-hydrogen) atoms. The molecule has 0 amide bonds. The number of ketones is 1. The maximum Gasteiger partial charge on any atom is 0.139 e. The molecule has 1 N–H and O–H groups in total. The zero-order valence-electron chi connectivity index (χ0n) is 11.0. The van der Waals surface area contributed by atoms with Gasteiger partial charge in [-0.1, -0.05) is 13.3 Å². The molecular formula is C15H25NO. The third-order valence-electron chi connectivity index (χ3n) is 5.71. The first-order chi connectivity index (χ1) is 8.17. The highest BCUT2D eigenvalue weighted by atomic mass is 16.1. The fourth-order valence-corrected chi connectivity index (χ4v) is 4.37. The normalized spacial score (nSPS) is 39.5. The van der Waals surface area contributed by atoms with E-state index >= 15 is 0 Å². The van der Waals surface area contributed by atoms with Gasteiger partial charge < -0.3 is 5.32 Å². The Morgan fingerprint density at radius 2 is 2.00 bits per heavy atom. The monoisotopic (exact) mass is 235 g/mol. The molecule has 96 valence electrons. The first kappa shape index (κ1) is 11.7. The van der Waals surface area contributed by atoms with Crippen LogP contribution in [0.3, 0.4) is 0 Å². The van der Waals surface area contributed by atoms with Gasteiger partial charge in [-0.05, 0) is 62.9 Å². The Morgan fingerprint density at radius 3 is 2.59 bits per heavy atom. The van der Waals surface area contributed by atoms with E-state index in [0.29, 0.717) is 5.78 Å². The Bertz CT molecular complexity index is 306. The summed E-state index contributed by atoms with van der Waals surface area (Å²) < 4.78 is 0. The molecule has 1 aliphatic heterocycles. The van der Waals surface area contributed by atoms with Crippen molar-refractivity contribution in [2.75, 3.05) is 13.1 Å². The second-order valence-electron chi connectivity index (χ2n) is 6.87. The zero-order valence-corrected chi connectivity index (χ0v) is 11.0. The lowest BCUT2D eigenvalue weighted by Gasteiger charge is -2.34. The fourth-order valence-electron chi connectivity index (χ4n) is 4.37. The molecule has 0 aromatic heterocycles. The minimum Gasteiger partial charge on any atom is -0.317 e. The summed E-state index contributed by atoms with van der Waals surface area (Å²) in [5.41, 5.74) is -0.00686. The molecule has 2 nitrogen and oxygen atoms in total. The summed E-state index contributed by atoms with van der Waals surface area (Å²) in [6.45, 7) is 4.25. The molecule has 3 atom stereocenters. The smallest absolute Gasteiger partial charge is 0.139 e. The van der Waals surface area contributed by atoms with E-state index in [4.69, 9.17) is 0 Å². The van der Waals surface area contributed by atoms with E-state index in [9.17, 15) is 4.79 Å². The summed E-state index contributed by atoms with van der Waals surface area (Å²) in [7, 11) is 0. The van der Waals surface area contributed by atoms with E-state index in [1.165, 1.54) is 25.7 Å². The Balaban J connectivity index is 1.59. The van der Waals surface area contributed by atoms with Crippen LogP contribution in [0.25, 0.3) is 0 Å². The van der Waals surface area contributed by atoms with Crippen LogP contribution >= 0.6 is 0 Å². The highest BCUT2D eigenvalue weighted by Gasteiger charge is 2.43. The third-order valence-corrected chi connectivity index (χ3v) is 5.71. The zero-order chi connectivity index (χ0) is 11.9. The minimum absolute atomic E-state index is 0.00686. The lowest BCUT2D eigenvalue weighted by Crippen LogP contribution is -2.40. The van der Waals surface area contributed by atoms with Crippen molar-refractivity contribution < 1.29 is 4.79 Å². The molecule has 2 saturated carbocycles. The number of fused-ring (bicyclic) bond motifs is 2. The second-order valence-corrected chi connectivity index (χ2v) is 6.87. The standard InChI is InChI=1S/C15H25NO/c1-15(4-6-16-7-5-15)14(17)10-13-9-11-2-3-12(13)8-11/h11-13,16H,2-10H2,1H3. The molecular weight excluding hydrogens is 210 g/mol. The average Bonchev–Trinajstić information content (AvgIpc) is 2.92. The van der Waals surface area contributed by atoms with Gasteiger partial charge in [-0.2, -0.15) is 0 Å². The number of hydrogen-bond acceptors (Lipinski definition) is 2. The number of nitrogens with one attached hydrogen (secondary N) is 1. The number of piperidine rings is 1. The number of carbonyl (C=O) groups is 1. The first-order valence-electron chi connectivity index (χ1n) is 7.41. The predicted molar refractivity (Wildman–Crippen MR) is 68.8 cm³/mol. The Hall–Kier alpha value is -0.370. The van der Waals surface area contributed by atoms with Crippen LogP contribution in [0.5, 0.6) is 0 Å². The highest BCUT2D eigenvalue weighted by Crippen LogP contribution is 2.50. The van der Waals surface area contributed by atoms with Crippen LogP contribution < -0.4 is 5.32 Å². The van der Waals surface area contributed by atoms with Crippen molar-refractivity contribution in [2.24, 2.45) is 23.2 Å². The van der Waals surface area contributed by atoms with Gasteiger partial charge >= 0.3 is 0 Å². The quantitative estimate of drug-likeness (QED) is 0.815. The maximum absolute atomic E-state index is 12.5. The SMILES string of the molecule is CC1(C(=O)CC2CC3CCC2C3)CCNCC1. The van der Waals surface area contributed by atoms with Gasteiger partial charge in [0, 0.05) is 11.8 Å². The number of carbonyl (C=O) groups excluding carboxylic acids is 1. The largest absolute Gasteiger partial charge is 0.317 e. The molecule has 0 aromatic carbocycles. The van der Waals surface area contributed by atoms with Crippen molar-refractivity contribution in [3.63, 3.8) is 0 Å². The minimum atomic E-state index is -0.00686. The average molecular weight is 235 g/mol. The van der Waals surface area contributed by atoms with Crippen molar-refractivity contribution in [3.8, 4) is 0 Å². The molecule has 3 rings (SSSR count). The molecule has 2 heteroatoms. The predicted octanol–water partition coefficient (Wildman–Crippen LogP) is 2.77. The van der Waals surface area contributed by atoms with Crippen LogP contribution in [0, 0.1) is 23.2 Å². The van der Waals surface area contributed by atoms with Gasteiger partial charge in [-0.15, -0.1) is 0 Å². The third kappa shape index (κ3) is 2.16. The van der Waals surface area contributed by atoms with Gasteiger partial charge in [-0.3, -0.25) is 4.79 Å². The van der Waals surface area contributed by atoms with E-state index in [2.05, 4.69) is 12.2 Å². The topological polar surface area (TPSA) is 29.1 Å². The molecule has 0 aromatic rings. The van der Waals surface area contributed by atoms with Gasteiger partial charge in [0.1, 0.15) is 5.78 Å². The Morgan fingerprint density at radius 1 is 1.24 bits per heavy atom.